The number of benzene rings is 2. The van der Waals surface area contributed by atoms with Gasteiger partial charge < -0.3 is 14.2 Å². The summed E-state index contributed by atoms with van der Waals surface area (Å²) in [6, 6.07) is 13.7. The molecule has 3 fully saturated rings. The van der Waals surface area contributed by atoms with Crippen molar-refractivity contribution in [1.82, 2.24) is 15.0 Å². The third kappa shape index (κ3) is 4.64. The largest absolute Gasteiger partial charge is 0.493 e. The Balaban J connectivity index is 1.03. The maximum Gasteiger partial charge on any atom is 0.180 e. The number of anilines is 1. The predicted octanol–water partition coefficient (Wildman–Crippen LogP) is 4.54. The van der Waals surface area contributed by atoms with Crippen LogP contribution in [0.4, 0.5) is 10.2 Å². The summed E-state index contributed by atoms with van der Waals surface area (Å²) in [5.41, 5.74) is 1.99. The molecule has 180 valence electrons. The molecule has 0 N–H and O–H groups in total. The lowest BCUT2D eigenvalue weighted by Gasteiger charge is -2.46. The number of aromatic nitrogens is 1. The van der Waals surface area contributed by atoms with Gasteiger partial charge in [-0.2, -0.15) is 0 Å². The second kappa shape index (κ2) is 9.55. The molecule has 4 heterocycles. The lowest BCUT2D eigenvalue weighted by molar-refractivity contribution is 0.0726. The third-order valence-electron chi connectivity index (χ3n) is 7.71. The highest BCUT2D eigenvalue weighted by Crippen LogP contribution is 2.32. The van der Waals surface area contributed by atoms with Crippen LogP contribution < -0.4 is 9.64 Å². The van der Waals surface area contributed by atoms with Gasteiger partial charge in [0.25, 0.3) is 0 Å². The molecule has 0 radical (unpaired) electrons. The molecule has 0 amide bonds. The van der Waals surface area contributed by atoms with Crippen LogP contribution in [-0.4, -0.2) is 66.9 Å². The Hall–Kier alpha value is -2.64. The first-order chi connectivity index (χ1) is 16.7. The summed E-state index contributed by atoms with van der Waals surface area (Å²) < 4.78 is 25.5. The Morgan fingerprint density at radius 3 is 2.82 bits per heavy atom. The molecule has 0 saturated carbocycles. The standard InChI is InChI=1S/C27H33FN4O2/c28-22-7-9-26-25(15-22)27(29-34-26)32-13-12-31-17-21(6-8-23(31)18-32)19-33-24-5-3-4-20(14-24)16-30-10-1-2-11-30/h3-5,7,9,14-15,21,23H,1-2,6,8,10-13,16-19H2. The van der Waals surface area contributed by atoms with E-state index in [0.29, 0.717) is 17.5 Å². The SMILES string of the molecule is Fc1ccc2onc(N3CCN4CC(COc5cccc(CN6CCCC6)c5)CCC4C3)c2c1. The first-order valence-corrected chi connectivity index (χ1v) is 12.7. The molecule has 7 heteroatoms. The van der Waals surface area contributed by atoms with Crippen LogP contribution in [0.25, 0.3) is 11.0 Å². The van der Waals surface area contributed by atoms with E-state index < -0.39 is 0 Å². The molecular weight excluding hydrogens is 431 g/mol. The Labute approximate surface area is 200 Å². The predicted molar refractivity (Wildman–Crippen MR) is 131 cm³/mol. The zero-order valence-corrected chi connectivity index (χ0v) is 19.7. The summed E-state index contributed by atoms with van der Waals surface area (Å²) in [5.74, 6) is 2.06. The lowest BCUT2D eigenvalue weighted by Crippen LogP contribution is -2.57. The highest BCUT2D eigenvalue weighted by atomic mass is 19.1. The van der Waals surface area contributed by atoms with E-state index in [1.807, 2.05) is 0 Å². The van der Waals surface area contributed by atoms with Crippen molar-refractivity contribution < 1.29 is 13.7 Å². The van der Waals surface area contributed by atoms with Crippen molar-refractivity contribution in [2.75, 3.05) is 50.8 Å². The molecule has 0 aliphatic carbocycles. The van der Waals surface area contributed by atoms with Gasteiger partial charge in [-0.1, -0.05) is 17.3 Å². The van der Waals surface area contributed by atoms with Crippen LogP contribution in [0.1, 0.15) is 31.2 Å². The Bertz CT molecular complexity index is 1130. The molecule has 0 spiro atoms. The molecule has 6 nitrogen and oxygen atoms in total. The van der Waals surface area contributed by atoms with Crippen LogP contribution >= 0.6 is 0 Å². The first-order valence-electron chi connectivity index (χ1n) is 12.7. The van der Waals surface area contributed by atoms with Gasteiger partial charge in [-0.3, -0.25) is 9.80 Å². The van der Waals surface area contributed by atoms with Crippen molar-refractivity contribution >= 4 is 16.8 Å². The van der Waals surface area contributed by atoms with Gasteiger partial charge in [-0.05, 0) is 74.7 Å². The summed E-state index contributed by atoms with van der Waals surface area (Å²) >= 11 is 0. The highest BCUT2D eigenvalue weighted by Gasteiger charge is 2.34. The first kappa shape index (κ1) is 21.9. The van der Waals surface area contributed by atoms with Gasteiger partial charge in [0.15, 0.2) is 11.4 Å². The van der Waals surface area contributed by atoms with E-state index in [0.717, 1.165) is 69.1 Å². The quantitative estimate of drug-likeness (QED) is 0.534. The molecule has 6 rings (SSSR count). The summed E-state index contributed by atoms with van der Waals surface area (Å²) in [5, 5.41) is 5.02. The number of hydrogen-bond acceptors (Lipinski definition) is 6. The van der Waals surface area contributed by atoms with Crippen molar-refractivity contribution in [1.29, 1.82) is 0 Å². The van der Waals surface area contributed by atoms with E-state index in [-0.39, 0.29) is 5.82 Å². The van der Waals surface area contributed by atoms with Crippen LogP contribution in [0, 0.1) is 11.7 Å². The molecule has 3 saturated heterocycles. The van der Waals surface area contributed by atoms with Crippen LogP contribution in [0.5, 0.6) is 5.75 Å². The zero-order chi connectivity index (χ0) is 22.9. The molecule has 34 heavy (non-hydrogen) atoms. The number of rotatable bonds is 6. The molecule has 2 unspecified atom stereocenters. The third-order valence-corrected chi connectivity index (χ3v) is 7.71. The van der Waals surface area contributed by atoms with Gasteiger partial charge in [-0.15, -0.1) is 0 Å². The number of piperidine rings is 1. The van der Waals surface area contributed by atoms with Gasteiger partial charge >= 0.3 is 0 Å². The summed E-state index contributed by atoms with van der Waals surface area (Å²) in [6.07, 6.45) is 4.95. The molecule has 3 aromatic rings. The van der Waals surface area contributed by atoms with Gasteiger partial charge in [0, 0.05) is 44.7 Å². The highest BCUT2D eigenvalue weighted by molar-refractivity contribution is 5.88. The molecule has 3 aliphatic rings. The average molecular weight is 465 g/mol. The minimum atomic E-state index is -0.252. The molecule has 2 aromatic carbocycles. The number of likely N-dealkylation sites (tertiary alicyclic amines) is 1. The van der Waals surface area contributed by atoms with Gasteiger partial charge in [0.1, 0.15) is 11.6 Å². The fourth-order valence-corrected chi connectivity index (χ4v) is 5.86. The minimum Gasteiger partial charge on any atom is -0.493 e. The van der Waals surface area contributed by atoms with Crippen LogP contribution in [0.3, 0.4) is 0 Å². The van der Waals surface area contributed by atoms with E-state index in [9.17, 15) is 4.39 Å². The minimum absolute atomic E-state index is 0.252. The van der Waals surface area contributed by atoms with Crippen molar-refractivity contribution in [2.45, 2.75) is 38.3 Å². The van der Waals surface area contributed by atoms with Crippen LogP contribution in [-0.2, 0) is 6.54 Å². The zero-order valence-electron chi connectivity index (χ0n) is 19.7. The maximum atomic E-state index is 13.8. The van der Waals surface area contributed by atoms with E-state index >= 15 is 0 Å². The molecule has 0 bridgehead atoms. The number of piperazine rings is 1. The van der Waals surface area contributed by atoms with Crippen LogP contribution in [0.2, 0.25) is 0 Å². The molecule has 2 atom stereocenters. The maximum absolute atomic E-state index is 13.8. The lowest BCUT2D eigenvalue weighted by atomic mass is 9.91. The molecule has 1 aromatic heterocycles. The number of ether oxygens (including phenoxy) is 1. The summed E-state index contributed by atoms with van der Waals surface area (Å²) in [7, 11) is 0. The van der Waals surface area contributed by atoms with Crippen molar-refractivity contribution in [3.05, 3.63) is 53.8 Å². The van der Waals surface area contributed by atoms with Crippen molar-refractivity contribution in [3.8, 4) is 5.75 Å². The van der Waals surface area contributed by atoms with E-state index in [1.165, 1.54) is 43.6 Å². The molecular formula is C27H33FN4O2. The van der Waals surface area contributed by atoms with Crippen LogP contribution in [0.15, 0.2) is 47.0 Å². The second-order valence-electron chi connectivity index (χ2n) is 10.1. The van der Waals surface area contributed by atoms with Gasteiger partial charge in [0.05, 0.1) is 12.0 Å². The van der Waals surface area contributed by atoms with E-state index in [1.54, 1.807) is 6.07 Å². The average Bonchev–Trinajstić information content (AvgIpc) is 3.52. The Morgan fingerprint density at radius 2 is 1.91 bits per heavy atom. The number of nitrogens with zero attached hydrogens (tertiary/aromatic N) is 4. The fourth-order valence-electron chi connectivity index (χ4n) is 5.86. The molecule has 3 aliphatic heterocycles. The van der Waals surface area contributed by atoms with Crippen molar-refractivity contribution in [2.24, 2.45) is 5.92 Å². The summed E-state index contributed by atoms with van der Waals surface area (Å²) in [6.45, 7) is 8.06. The monoisotopic (exact) mass is 464 g/mol. The fraction of sp³-hybridized carbons (Fsp3) is 0.519. The second-order valence-corrected chi connectivity index (χ2v) is 10.1. The number of halogens is 1. The number of fused-ring (bicyclic) bond motifs is 2. The Morgan fingerprint density at radius 1 is 1.00 bits per heavy atom. The van der Waals surface area contributed by atoms with Gasteiger partial charge in [0.2, 0.25) is 0 Å². The topological polar surface area (TPSA) is 45.0 Å². The normalized spacial score (nSPS) is 24.0. The van der Waals surface area contributed by atoms with Gasteiger partial charge in [-0.25, -0.2) is 4.39 Å². The van der Waals surface area contributed by atoms with E-state index in [2.05, 4.69) is 44.1 Å². The van der Waals surface area contributed by atoms with E-state index in [4.69, 9.17) is 9.26 Å². The summed E-state index contributed by atoms with van der Waals surface area (Å²) in [4.78, 5) is 7.38. The smallest absolute Gasteiger partial charge is 0.180 e. The Kier molecular flexibility index (Phi) is 6.14. The number of hydrogen-bond donors (Lipinski definition) is 0. The van der Waals surface area contributed by atoms with Crippen molar-refractivity contribution in [3.63, 3.8) is 0 Å².